The molecule has 1 aromatic carbocycles. The van der Waals surface area contributed by atoms with Gasteiger partial charge in [-0.2, -0.15) is 4.98 Å². The lowest BCUT2D eigenvalue weighted by Gasteiger charge is -2.27. The molecule has 2 aromatic rings. The van der Waals surface area contributed by atoms with Crippen LogP contribution >= 0.6 is 0 Å². The maximum Gasteiger partial charge on any atom is 0.229 e. The molecule has 1 heterocycles. The SMILES string of the molecule is COC(CN)Cc1nc(C2Cc3ccccc32)no1. The second-order valence-electron chi connectivity index (χ2n) is 4.80. The zero-order valence-electron chi connectivity index (χ0n) is 10.9. The molecule has 1 aromatic heterocycles. The van der Waals surface area contributed by atoms with Gasteiger partial charge < -0.3 is 15.0 Å². The number of nitrogens with two attached hydrogens (primary N) is 1. The van der Waals surface area contributed by atoms with Gasteiger partial charge in [0.15, 0.2) is 5.82 Å². The fourth-order valence-electron chi connectivity index (χ4n) is 2.44. The third-order valence-electron chi connectivity index (χ3n) is 3.65. The monoisotopic (exact) mass is 259 g/mol. The van der Waals surface area contributed by atoms with Crippen molar-refractivity contribution in [3.8, 4) is 0 Å². The van der Waals surface area contributed by atoms with Crippen molar-refractivity contribution in [3.63, 3.8) is 0 Å². The number of methoxy groups -OCH3 is 1. The number of fused-ring (bicyclic) bond motifs is 1. The summed E-state index contributed by atoms with van der Waals surface area (Å²) >= 11 is 0. The van der Waals surface area contributed by atoms with Crippen molar-refractivity contribution in [2.45, 2.75) is 24.9 Å². The fourth-order valence-corrected chi connectivity index (χ4v) is 2.44. The third kappa shape index (κ3) is 2.27. The largest absolute Gasteiger partial charge is 0.380 e. The lowest BCUT2D eigenvalue weighted by molar-refractivity contribution is 0.102. The third-order valence-corrected chi connectivity index (χ3v) is 3.65. The van der Waals surface area contributed by atoms with E-state index in [1.165, 1.54) is 11.1 Å². The molecule has 0 saturated heterocycles. The molecule has 3 rings (SSSR count). The molecular weight excluding hydrogens is 242 g/mol. The van der Waals surface area contributed by atoms with Gasteiger partial charge in [0.25, 0.3) is 0 Å². The standard InChI is InChI=1S/C14H17N3O2/c1-18-10(8-15)7-13-16-14(17-19-13)12-6-9-4-2-3-5-11(9)12/h2-5,10,12H,6-8,15H2,1H3. The summed E-state index contributed by atoms with van der Waals surface area (Å²) < 4.78 is 10.5. The Bertz CT molecular complexity index is 563. The number of hydrogen-bond donors (Lipinski definition) is 1. The zero-order chi connectivity index (χ0) is 13.2. The van der Waals surface area contributed by atoms with Gasteiger partial charge in [-0.15, -0.1) is 0 Å². The Morgan fingerprint density at radius 1 is 1.47 bits per heavy atom. The first-order valence-corrected chi connectivity index (χ1v) is 6.45. The fraction of sp³-hybridized carbons (Fsp3) is 0.429. The van der Waals surface area contributed by atoms with Gasteiger partial charge in [-0.1, -0.05) is 29.4 Å². The average molecular weight is 259 g/mol. The predicted octanol–water partition coefficient (Wildman–Crippen LogP) is 1.27. The van der Waals surface area contributed by atoms with Gasteiger partial charge in [0.1, 0.15) is 0 Å². The summed E-state index contributed by atoms with van der Waals surface area (Å²) in [5.41, 5.74) is 8.26. The van der Waals surface area contributed by atoms with Gasteiger partial charge in [-0.25, -0.2) is 0 Å². The molecule has 1 aliphatic rings. The first-order valence-electron chi connectivity index (χ1n) is 6.45. The molecule has 0 bridgehead atoms. The number of ether oxygens (including phenoxy) is 1. The topological polar surface area (TPSA) is 74.2 Å². The van der Waals surface area contributed by atoms with Crippen LogP contribution in [-0.2, 0) is 17.6 Å². The zero-order valence-corrected chi connectivity index (χ0v) is 10.9. The quantitative estimate of drug-likeness (QED) is 0.875. The van der Waals surface area contributed by atoms with Gasteiger partial charge in [-0.05, 0) is 17.5 Å². The number of benzene rings is 1. The Balaban J connectivity index is 1.73. The summed E-state index contributed by atoms with van der Waals surface area (Å²) in [6, 6.07) is 8.36. The molecule has 5 nitrogen and oxygen atoms in total. The van der Waals surface area contributed by atoms with E-state index >= 15 is 0 Å². The van der Waals surface area contributed by atoms with Crippen molar-refractivity contribution in [2.24, 2.45) is 5.73 Å². The van der Waals surface area contributed by atoms with Crippen molar-refractivity contribution in [2.75, 3.05) is 13.7 Å². The van der Waals surface area contributed by atoms with Crippen LogP contribution in [0.1, 0.15) is 28.8 Å². The van der Waals surface area contributed by atoms with Gasteiger partial charge >= 0.3 is 0 Å². The summed E-state index contributed by atoms with van der Waals surface area (Å²) in [6.07, 6.45) is 1.48. The van der Waals surface area contributed by atoms with E-state index in [4.69, 9.17) is 15.0 Å². The van der Waals surface area contributed by atoms with E-state index in [9.17, 15) is 0 Å². The van der Waals surface area contributed by atoms with Gasteiger partial charge in [-0.3, -0.25) is 0 Å². The van der Waals surface area contributed by atoms with Gasteiger partial charge in [0, 0.05) is 13.7 Å². The van der Waals surface area contributed by atoms with E-state index in [-0.39, 0.29) is 12.0 Å². The molecule has 0 saturated carbocycles. The highest BCUT2D eigenvalue weighted by atomic mass is 16.5. The molecule has 100 valence electrons. The van der Waals surface area contributed by atoms with Crippen LogP contribution in [0.15, 0.2) is 28.8 Å². The van der Waals surface area contributed by atoms with E-state index in [1.54, 1.807) is 7.11 Å². The Morgan fingerprint density at radius 3 is 3.05 bits per heavy atom. The molecule has 0 fully saturated rings. The van der Waals surface area contributed by atoms with Crippen LogP contribution in [0.4, 0.5) is 0 Å². The van der Waals surface area contributed by atoms with Crippen molar-refractivity contribution < 1.29 is 9.26 Å². The van der Waals surface area contributed by atoms with Crippen molar-refractivity contribution in [3.05, 3.63) is 47.1 Å². The smallest absolute Gasteiger partial charge is 0.229 e. The second kappa shape index (κ2) is 5.11. The lowest BCUT2D eigenvalue weighted by Crippen LogP contribution is -2.25. The normalized spacial score (nSPS) is 18.7. The molecule has 2 unspecified atom stereocenters. The summed E-state index contributed by atoms with van der Waals surface area (Å²) in [5.74, 6) is 1.63. The van der Waals surface area contributed by atoms with Crippen molar-refractivity contribution in [1.82, 2.24) is 10.1 Å². The van der Waals surface area contributed by atoms with Crippen LogP contribution in [0.3, 0.4) is 0 Å². The summed E-state index contributed by atoms with van der Waals surface area (Å²) in [7, 11) is 1.64. The minimum atomic E-state index is -0.0676. The highest BCUT2D eigenvalue weighted by Gasteiger charge is 2.31. The van der Waals surface area contributed by atoms with Crippen LogP contribution < -0.4 is 5.73 Å². The van der Waals surface area contributed by atoms with Crippen molar-refractivity contribution in [1.29, 1.82) is 0 Å². The molecule has 1 aliphatic carbocycles. The first-order chi connectivity index (χ1) is 9.31. The van der Waals surface area contributed by atoms with Crippen LogP contribution in [0.5, 0.6) is 0 Å². The molecule has 2 atom stereocenters. The Kier molecular flexibility index (Phi) is 3.31. The Morgan fingerprint density at radius 2 is 2.32 bits per heavy atom. The molecule has 19 heavy (non-hydrogen) atoms. The van der Waals surface area contributed by atoms with Crippen LogP contribution in [0, 0.1) is 0 Å². The molecule has 0 radical (unpaired) electrons. The lowest BCUT2D eigenvalue weighted by atomic mass is 9.77. The summed E-state index contributed by atoms with van der Waals surface area (Å²) in [6.45, 7) is 0.445. The second-order valence-corrected chi connectivity index (χ2v) is 4.80. The van der Waals surface area contributed by atoms with Crippen LogP contribution in [0.25, 0.3) is 0 Å². The minimum Gasteiger partial charge on any atom is -0.380 e. The predicted molar refractivity (Wildman–Crippen MR) is 69.8 cm³/mol. The van der Waals surface area contributed by atoms with E-state index in [1.807, 2.05) is 6.07 Å². The first kappa shape index (κ1) is 12.3. The molecule has 5 heteroatoms. The molecular formula is C14H17N3O2. The maximum atomic E-state index is 5.58. The molecule has 0 aliphatic heterocycles. The summed E-state index contributed by atoms with van der Waals surface area (Å²) in [4.78, 5) is 4.45. The van der Waals surface area contributed by atoms with E-state index in [2.05, 4.69) is 28.3 Å². The van der Waals surface area contributed by atoms with Gasteiger partial charge in [0.05, 0.1) is 18.4 Å². The maximum absolute atomic E-state index is 5.58. The van der Waals surface area contributed by atoms with Crippen LogP contribution in [0.2, 0.25) is 0 Å². The minimum absolute atomic E-state index is 0.0676. The highest BCUT2D eigenvalue weighted by Crippen LogP contribution is 2.38. The number of rotatable bonds is 5. The average Bonchev–Trinajstić information content (AvgIpc) is 2.85. The number of nitrogens with zero attached hydrogens (tertiary/aromatic N) is 2. The van der Waals surface area contributed by atoms with Crippen LogP contribution in [-0.4, -0.2) is 29.9 Å². The summed E-state index contributed by atoms with van der Waals surface area (Å²) in [5, 5.41) is 4.08. The highest BCUT2D eigenvalue weighted by molar-refractivity contribution is 5.43. The van der Waals surface area contributed by atoms with Crippen molar-refractivity contribution >= 4 is 0 Å². The Hall–Kier alpha value is -1.72. The number of hydrogen-bond acceptors (Lipinski definition) is 5. The van der Waals surface area contributed by atoms with E-state index in [0.717, 1.165) is 12.2 Å². The molecule has 0 amide bonds. The molecule has 0 spiro atoms. The van der Waals surface area contributed by atoms with Gasteiger partial charge in [0.2, 0.25) is 5.89 Å². The molecule has 2 N–H and O–H groups in total. The number of aromatic nitrogens is 2. The van der Waals surface area contributed by atoms with E-state index < -0.39 is 0 Å². The van der Waals surface area contributed by atoms with E-state index in [0.29, 0.717) is 18.9 Å². The Labute approximate surface area is 111 Å².